The minimum Gasteiger partial charge on any atom is -0.351 e. The van der Waals surface area contributed by atoms with Crippen LogP contribution in [0.4, 0.5) is 11.6 Å². The van der Waals surface area contributed by atoms with Crippen LogP contribution in [-0.4, -0.2) is 29.0 Å². The molecule has 1 amide bonds. The molecule has 1 N–H and O–H groups in total. The SMILES string of the molecule is CCCNC(=O)c1cc(C)nc(N(CC)c2ccccc2)n1. The molecule has 0 radical (unpaired) electrons. The van der Waals surface area contributed by atoms with Crippen molar-refractivity contribution in [2.75, 3.05) is 18.0 Å². The minimum absolute atomic E-state index is 0.155. The van der Waals surface area contributed by atoms with Crippen molar-refractivity contribution in [1.29, 1.82) is 0 Å². The van der Waals surface area contributed by atoms with E-state index in [9.17, 15) is 4.79 Å². The standard InChI is InChI=1S/C17H22N4O/c1-4-11-18-16(22)15-12-13(3)19-17(20-15)21(5-2)14-9-7-6-8-10-14/h6-10,12H,4-5,11H2,1-3H3,(H,18,22). The van der Waals surface area contributed by atoms with Crippen LogP contribution >= 0.6 is 0 Å². The second-order valence-corrected chi connectivity index (χ2v) is 5.03. The summed E-state index contributed by atoms with van der Waals surface area (Å²) in [4.78, 5) is 23.0. The molecule has 1 heterocycles. The molecule has 0 aliphatic carbocycles. The quantitative estimate of drug-likeness (QED) is 0.890. The molecule has 0 saturated heterocycles. The van der Waals surface area contributed by atoms with E-state index in [2.05, 4.69) is 15.3 Å². The van der Waals surface area contributed by atoms with Crippen molar-refractivity contribution in [3.05, 3.63) is 47.8 Å². The molecular weight excluding hydrogens is 276 g/mol. The van der Waals surface area contributed by atoms with Crippen molar-refractivity contribution in [1.82, 2.24) is 15.3 Å². The van der Waals surface area contributed by atoms with Gasteiger partial charge in [-0.15, -0.1) is 0 Å². The van der Waals surface area contributed by atoms with E-state index >= 15 is 0 Å². The van der Waals surface area contributed by atoms with E-state index < -0.39 is 0 Å². The van der Waals surface area contributed by atoms with Gasteiger partial charge in [0.15, 0.2) is 0 Å². The van der Waals surface area contributed by atoms with E-state index in [1.165, 1.54) is 0 Å². The van der Waals surface area contributed by atoms with Gasteiger partial charge in [-0.05, 0) is 38.5 Å². The van der Waals surface area contributed by atoms with Gasteiger partial charge in [0.2, 0.25) is 5.95 Å². The average molecular weight is 298 g/mol. The van der Waals surface area contributed by atoms with E-state index in [4.69, 9.17) is 0 Å². The van der Waals surface area contributed by atoms with E-state index in [0.29, 0.717) is 18.2 Å². The first kappa shape index (κ1) is 15.9. The Kier molecular flexibility index (Phi) is 5.47. The number of hydrogen-bond acceptors (Lipinski definition) is 4. The summed E-state index contributed by atoms with van der Waals surface area (Å²) in [6.07, 6.45) is 0.897. The van der Waals surface area contributed by atoms with Gasteiger partial charge in [-0.2, -0.15) is 0 Å². The van der Waals surface area contributed by atoms with Crippen LogP contribution in [0.25, 0.3) is 0 Å². The number of rotatable bonds is 6. The van der Waals surface area contributed by atoms with E-state index in [0.717, 1.165) is 24.3 Å². The Bertz CT molecular complexity index is 628. The summed E-state index contributed by atoms with van der Waals surface area (Å²) in [6.45, 7) is 7.30. The number of para-hydroxylation sites is 1. The molecule has 0 fully saturated rings. The van der Waals surface area contributed by atoms with Crippen LogP contribution in [0.1, 0.15) is 36.5 Å². The number of carbonyl (C=O) groups excluding carboxylic acids is 1. The minimum atomic E-state index is -0.155. The van der Waals surface area contributed by atoms with Crippen LogP contribution in [0.2, 0.25) is 0 Å². The summed E-state index contributed by atoms with van der Waals surface area (Å²) in [5, 5.41) is 2.85. The van der Waals surface area contributed by atoms with Crippen LogP contribution in [0, 0.1) is 6.92 Å². The Labute approximate surface area is 131 Å². The van der Waals surface area contributed by atoms with E-state index in [1.807, 2.05) is 56.0 Å². The van der Waals surface area contributed by atoms with E-state index in [-0.39, 0.29) is 5.91 Å². The first-order chi connectivity index (χ1) is 10.7. The molecule has 0 aliphatic rings. The second kappa shape index (κ2) is 7.54. The highest BCUT2D eigenvalue weighted by molar-refractivity contribution is 5.92. The van der Waals surface area contributed by atoms with Gasteiger partial charge in [-0.3, -0.25) is 4.79 Å². The zero-order valence-electron chi connectivity index (χ0n) is 13.3. The molecule has 5 nitrogen and oxygen atoms in total. The molecule has 0 saturated carbocycles. The number of anilines is 2. The van der Waals surface area contributed by atoms with Gasteiger partial charge in [0.1, 0.15) is 5.69 Å². The molecule has 1 aromatic heterocycles. The molecule has 0 atom stereocenters. The highest BCUT2D eigenvalue weighted by Crippen LogP contribution is 2.21. The Morgan fingerprint density at radius 3 is 2.55 bits per heavy atom. The number of nitrogens with one attached hydrogen (secondary N) is 1. The summed E-state index contributed by atoms with van der Waals surface area (Å²) in [5.41, 5.74) is 2.20. The van der Waals surface area contributed by atoms with Crippen LogP contribution in [-0.2, 0) is 0 Å². The van der Waals surface area contributed by atoms with Crippen molar-refractivity contribution in [3.63, 3.8) is 0 Å². The third-order valence-electron chi connectivity index (χ3n) is 3.24. The third-order valence-corrected chi connectivity index (χ3v) is 3.24. The zero-order valence-corrected chi connectivity index (χ0v) is 13.3. The van der Waals surface area contributed by atoms with Crippen molar-refractivity contribution in [3.8, 4) is 0 Å². The fourth-order valence-corrected chi connectivity index (χ4v) is 2.17. The molecule has 2 aromatic rings. The normalized spacial score (nSPS) is 10.3. The van der Waals surface area contributed by atoms with Gasteiger partial charge in [0.25, 0.3) is 5.91 Å². The fraction of sp³-hybridized carbons (Fsp3) is 0.353. The highest BCUT2D eigenvalue weighted by Gasteiger charge is 2.15. The first-order valence-electron chi connectivity index (χ1n) is 7.62. The summed E-state index contributed by atoms with van der Waals surface area (Å²) < 4.78 is 0. The number of hydrogen-bond donors (Lipinski definition) is 1. The fourth-order valence-electron chi connectivity index (χ4n) is 2.17. The van der Waals surface area contributed by atoms with Crippen molar-refractivity contribution >= 4 is 17.5 Å². The average Bonchev–Trinajstić information content (AvgIpc) is 2.54. The highest BCUT2D eigenvalue weighted by atomic mass is 16.1. The van der Waals surface area contributed by atoms with Crippen LogP contribution < -0.4 is 10.2 Å². The first-order valence-corrected chi connectivity index (χ1v) is 7.62. The number of nitrogens with zero attached hydrogens (tertiary/aromatic N) is 3. The van der Waals surface area contributed by atoms with Gasteiger partial charge >= 0.3 is 0 Å². The molecule has 2 rings (SSSR count). The maximum Gasteiger partial charge on any atom is 0.270 e. The molecule has 116 valence electrons. The molecule has 0 unspecified atom stereocenters. The molecule has 0 aliphatic heterocycles. The van der Waals surface area contributed by atoms with Gasteiger partial charge < -0.3 is 10.2 Å². The number of benzene rings is 1. The second-order valence-electron chi connectivity index (χ2n) is 5.03. The third kappa shape index (κ3) is 3.81. The topological polar surface area (TPSA) is 58.1 Å². The maximum absolute atomic E-state index is 12.1. The number of aryl methyl sites for hydroxylation is 1. The van der Waals surface area contributed by atoms with Crippen molar-refractivity contribution in [2.45, 2.75) is 27.2 Å². The summed E-state index contributed by atoms with van der Waals surface area (Å²) in [5.74, 6) is 0.396. The summed E-state index contributed by atoms with van der Waals surface area (Å²) in [7, 11) is 0. The molecule has 0 bridgehead atoms. The Hall–Kier alpha value is -2.43. The van der Waals surface area contributed by atoms with Crippen molar-refractivity contribution in [2.24, 2.45) is 0 Å². The Balaban J connectivity index is 2.34. The molecular formula is C17H22N4O. The predicted octanol–water partition coefficient (Wildman–Crippen LogP) is 3.08. The number of amides is 1. The number of carbonyl (C=O) groups is 1. The largest absolute Gasteiger partial charge is 0.351 e. The zero-order chi connectivity index (χ0) is 15.9. The number of aromatic nitrogens is 2. The Morgan fingerprint density at radius 1 is 1.18 bits per heavy atom. The predicted molar refractivity (Wildman–Crippen MR) is 88.5 cm³/mol. The molecule has 5 heteroatoms. The summed E-state index contributed by atoms with van der Waals surface area (Å²) in [6, 6.07) is 11.6. The monoisotopic (exact) mass is 298 g/mol. The molecule has 1 aromatic carbocycles. The van der Waals surface area contributed by atoms with Gasteiger partial charge in [-0.25, -0.2) is 9.97 Å². The lowest BCUT2D eigenvalue weighted by atomic mass is 10.3. The lowest BCUT2D eigenvalue weighted by Gasteiger charge is -2.21. The van der Waals surface area contributed by atoms with E-state index in [1.54, 1.807) is 6.07 Å². The van der Waals surface area contributed by atoms with Crippen molar-refractivity contribution < 1.29 is 4.79 Å². The molecule has 22 heavy (non-hydrogen) atoms. The lowest BCUT2D eigenvalue weighted by Crippen LogP contribution is -2.27. The van der Waals surface area contributed by atoms with Gasteiger partial charge in [0, 0.05) is 24.5 Å². The smallest absolute Gasteiger partial charge is 0.270 e. The summed E-state index contributed by atoms with van der Waals surface area (Å²) >= 11 is 0. The molecule has 0 spiro atoms. The Morgan fingerprint density at radius 2 is 1.91 bits per heavy atom. The van der Waals surface area contributed by atoms with Gasteiger partial charge in [0.05, 0.1) is 0 Å². The van der Waals surface area contributed by atoms with Crippen LogP contribution in [0.3, 0.4) is 0 Å². The van der Waals surface area contributed by atoms with Crippen LogP contribution in [0.15, 0.2) is 36.4 Å². The maximum atomic E-state index is 12.1. The van der Waals surface area contributed by atoms with Crippen LogP contribution in [0.5, 0.6) is 0 Å². The van der Waals surface area contributed by atoms with Gasteiger partial charge in [-0.1, -0.05) is 25.1 Å². The lowest BCUT2D eigenvalue weighted by molar-refractivity contribution is 0.0948.